The largest absolute Gasteiger partial charge is 0.493 e. The molecule has 2 aromatic carbocycles. The van der Waals surface area contributed by atoms with Crippen molar-refractivity contribution < 1.29 is 9.47 Å². The van der Waals surface area contributed by atoms with Crippen LogP contribution < -0.4 is 20.1 Å². The van der Waals surface area contributed by atoms with Crippen molar-refractivity contribution in [1.82, 2.24) is 10.6 Å². The third-order valence-corrected chi connectivity index (χ3v) is 4.10. The molecule has 26 heavy (non-hydrogen) atoms. The van der Waals surface area contributed by atoms with Crippen LogP contribution in [0, 0.1) is 13.8 Å². The number of aryl methyl sites for hydroxylation is 2. The molecule has 2 aromatic rings. The Morgan fingerprint density at radius 2 is 1.65 bits per heavy atom. The lowest BCUT2D eigenvalue weighted by Crippen LogP contribution is -2.36. The zero-order valence-electron chi connectivity index (χ0n) is 16.1. The van der Waals surface area contributed by atoms with E-state index in [2.05, 4.69) is 47.7 Å². The number of hydrogen-bond acceptors (Lipinski definition) is 3. The lowest BCUT2D eigenvalue weighted by Gasteiger charge is -2.16. The van der Waals surface area contributed by atoms with Crippen molar-refractivity contribution in [2.24, 2.45) is 4.99 Å². The monoisotopic (exact) mass is 469 g/mol. The molecule has 0 spiro atoms. The van der Waals surface area contributed by atoms with E-state index in [-0.39, 0.29) is 24.0 Å². The van der Waals surface area contributed by atoms with Crippen LogP contribution in [0.4, 0.5) is 0 Å². The molecule has 0 aliphatic rings. The number of methoxy groups -OCH3 is 2. The van der Waals surface area contributed by atoms with Crippen molar-refractivity contribution in [2.45, 2.75) is 26.9 Å². The fourth-order valence-electron chi connectivity index (χ4n) is 2.72. The lowest BCUT2D eigenvalue weighted by molar-refractivity contribution is 0.351. The number of hydrogen-bond donors (Lipinski definition) is 2. The molecule has 0 amide bonds. The highest BCUT2D eigenvalue weighted by Crippen LogP contribution is 2.30. The molecule has 0 bridgehead atoms. The van der Waals surface area contributed by atoms with Gasteiger partial charge in [0.25, 0.3) is 0 Å². The van der Waals surface area contributed by atoms with E-state index in [1.807, 2.05) is 18.2 Å². The summed E-state index contributed by atoms with van der Waals surface area (Å²) in [4.78, 5) is 4.29. The smallest absolute Gasteiger partial charge is 0.191 e. The molecule has 0 fully saturated rings. The standard InChI is InChI=1S/C20H27N3O2.HI/c1-14-9-10-16(15(2)11-14)12-22-20(21-3)23-13-17-7-6-8-18(24-4)19(17)25-5;/h6-11H,12-13H2,1-5H3,(H2,21,22,23);1H. The average molecular weight is 469 g/mol. The fraction of sp³-hybridized carbons (Fsp3) is 0.350. The summed E-state index contributed by atoms with van der Waals surface area (Å²) in [6.07, 6.45) is 0. The molecule has 2 N–H and O–H groups in total. The van der Waals surface area contributed by atoms with Crippen molar-refractivity contribution in [1.29, 1.82) is 0 Å². The van der Waals surface area contributed by atoms with E-state index in [0.29, 0.717) is 6.54 Å². The number of guanidine groups is 1. The van der Waals surface area contributed by atoms with E-state index in [9.17, 15) is 0 Å². The second-order valence-electron chi connectivity index (χ2n) is 5.86. The summed E-state index contributed by atoms with van der Waals surface area (Å²) >= 11 is 0. The summed E-state index contributed by atoms with van der Waals surface area (Å²) in [6.45, 7) is 5.54. The van der Waals surface area contributed by atoms with Gasteiger partial charge in [-0.05, 0) is 31.0 Å². The van der Waals surface area contributed by atoms with Crippen molar-refractivity contribution in [3.8, 4) is 11.5 Å². The van der Waals surface area contributed by atoms with Crippen LogP contribution in [-0.2, 0) is 13.1 Å². The van der Waals surface area contributed by atoms with Crippen LogP contribution in [0.25, 0.3) is 0 Å². The predicted molar refractivity (Wildman–Crippen MR) is 118 cm³/mol. The van der Waals surface area contributed by atoms with Crippen LogP contribution in [0.3, 0.4) is 0 Å². The second kappa shape index (κ2) is 10.9. The first-order valence-electron chi connectivity index (χ1n) is 8.29. The van der Waals surface area contributed by atoms with Crippen LogP contribution >= 0.6 is 24.0 Å². The quantitative estimate of drug-likeness (QED) is 0.384. The number of aliphatic imine (C=N–C) groups is 1. The Hall–Kier alpha value is -1.96. The molecule has 142 valence electrons. The number of ether oxygens (including phenoxy) is 2. The van der Waals surface area contributed by atoms with Crippen molar-refractivity contribution >= 4 is 29.9 Å². The summed E-state index contributed by atoms with van der Waals surface area (Å²) in [5, 5.41) is 6.67. The van der Waals surface area contributed by atoms with Crippen LogP contribution in [-0.4, -0.2) is 27.2 Å². The molecular formula is C20H28IN3O2. The summed E-state index contributed by atoms with van der Waals surface area (Å²) < 4.78 is 10.8. The molecule has 0 aromatic heterocycles. The Balaban J connectivity index is 0.00000338. The number of halogens is 1. The van der Waals surface area contributed by atoms with E-state index >= 15 is 0 Å². The van der Waals surface area contributed by atoms with Gasteiger partial charge < -0.3 is 20.1 Å². The minimum atomic E-state index is 0. The molecule has 0 atom stereocenters. The van der Waals surface area contributed by atoms with Gasteiger partial charge in [0.1, 0.15) is 0 Å². The molecule has 6 heteroatoms. The van der Waals surface area contributed by atoms with Crippen LogP contribution in [0.15, 0.2) is 41.4 Å². The van der Waals surface area contributed by atoms with E-state index < -0.39 is 0 Å². The van der Waals surface area contributed by atoms with Gasteiger partial charge in [-0.2, -0.15) is 0 Å². The lowest BCUT2D eigenvalue weighted by atomic mass is 10.1. The number of para-hydroxylation sites is 1. The third kappa shape index (κ3) is 5.79. The summed E-state index contributed by atoms with van der Waals surface area (Å²) in [7, 11) is 5.05. The topological polar surface area (TPSA) is 54.9 Å². The zero-order valence-corrected chi connectivity index (χ0v) is 18.4. The van der Waals surface area contributed by atoms with Crippen LogP contribution in [0.5, 0.6) is 11.5 Å². The molecule has 0 unspecified atom stereocenters. The van der Waals surface area contributed by atoms with E-state index in [1.165, 1.54) is 16.7 Å². The highest BCUT2D eigenvalue weighted by atomic mass is 127. The van der Waals surface area contributed by atoms with Gasteiger partial charge >= 0.3 is 0 Å². The number of nitrogens with zero attached hydrogens (tertiary/aromatic N) is 1. The molecule has 2 rings (SSSR count). The Morgan fingerprint density at radius 1 is 0.962 bits per heavy atom. The summed E-state index contributed by atoms with van der Waals surface area (Å²) in [5.74, 6) is 2.20. The molecular weight excluding hydrogens is 441 g/mol. The summed E-state index contributed by atoms with van der Waals surface area (Å²) in [6, 6.07) is 12.3. The SMILES string of the molecule is CN=C(NCc1ccc(C)cc1C)NCc1cccc(OC)c1OC.I. The Labute approximate surface area is 173 Å². The van der Waals surface area contributed by atoms with Gasteiger partial charge in [-0.15, -0.1) is 24.0 Å². The number of nitrogens with one attached hydrogen (secondary N) is 2. The van der Waals surface area contributed by atoms with E-state index in [4.69, 9.17) is 9.47 Å². The molecule has 0 radical (unpaired) electrons. The normalized spacial score (nSPS) is 10.7. The maximum atomic E-state index is 5.46. The highest BCUT2D eigenvalue weighted by Gasteiger charge is 2.10. The summed E-state index contributed by atoms with van der Waals surface area (Å²) in [5.41, 5.74) is 4.81. The molecule has 0 saturated heterocycles. The maximum absolute atomic E-state index is 5.46. The fourth-order valence-corrected chi connectivity index (χ4v) is 2.72. The highest BCUT2D eigenvalue weighted by molar-refractivity contribution is 14.0. The van der Waals surface area contributed by atoms with Gasteiger partial charge in [0.15, 0.2) is 17.5 Å². The van der Waals surface area contributed by atoms with Crippen LogP contribution in [0.1, 0.15) is 22.3 Å². The van der Waals surface area contributed by atoms with Gasteiger partial charge in [-0.25, -0.2) is 0 Å². The van der Waals surface area contributed by atoms with Gasteiger partial charge in [-0.1, -0.05) is 35.9 Å². The first kappa shape index (κ1) is 22.1. The van der Waals surface area contributed by atoms with Crippen molar-refractivity contribution in [3.05, 3.63) is 58.7 Å². The van der Waals surface area contributed by atoms with Crippen LogP contribution in [0.2, 0.25) is 0 Å². The minimum Gasteiger partial charge on any atom is -0.493 e. The first-order chi connectivity index (χ1) is 12.1. The molecule has 0 saturated carbocycles. The van der Waals surface area contributed by atoms with Gasteiger partial charge in [-0.3, -0.25) is 4.99 Å². The van der Waals surface area contributed by atoms with E-state index in [0.717, 1.165) is 29.6 Å². The second-order valence-corrected chi connectivity index (χ2v) is 5.86. The van der Waals surface area contributed by atoms with Gasteiger partial charge in [0, 0.05) is 25.7 Å². The van der Waals surface area contributed by atoms with Gasteiger partial charge in [0.2, 0.25) is 0 Å². The van der Waals surface area contributed by atoms with E-state index in [1.54, 1.807) is 21.3 Å². The molecule has 0 heterocycles. The Kier molecular flexibility index (Phi) is 9.26. The average Bonchev–Trinajstić information content (AvgIpc) is 2.62. The number of benzene rings is 2. The first-order valence-corrected chi connectivity index (χ1v) is 8.29. The van der Waals surface area contributed by atoms with Gasteiger partial charge in [0.05, 0.1) is 14.2 Å². The molecule has 5 nitrogen and oxygen atoms in total. The Bertz CT molecular complexity index is 748. The minimum absolute atomic E-state index is 0. The van der Waals surface area contributed by atoms with Crippen molar-refractivity contribution in [3.63, 3.8) is 0 Å². The Morgan fingerprint density at radius 3 is 2.23 bits per heavy atom. The van der Waals surface area contributed by atoms with Crippen molar-refractivity contribution in [2.75, 3.05) is 21.3 Å². The maximum Gasteiger partial charge on any atom is 0.191 e. The predicted octanol–water partition coefficient (Wildman–Crippen LogP) is 3.80. The molecule has 0 aliphatic carbocycles. The third-order valence-electron chi connectivity index (χ3n) is 4.10. The number of rotatable bonds is 6. The zero-order chi connectivity index (χ0) is 18.2. The molecule has 0 aliphatic heterocycles.